The van der Waals surface area contributed by atoms with Gasteiger partial charge in [0.15, 0.2) is 0 Å². The molecule has 4 nitrogen and oxygen atoms in total. The number of esters is 1. The van der Waals surface area contributed by atoms with Crippen LogP contribution in [0.4, 0.5) is 0 Å². The molecule has 20 heavy (non-hydrogen) atoms. The third-order valence-corrected chi connectivity index (χ3v) is 3.95. The number of benzene rings is 1. The van der Waals surface area contributed by atoms with Crippen molar-refractivity contribution in [2.75, 3.05) is 13.7 Å². The van der Waals surface area contributed by atoms with E-state index in [1.165, 1.54) is 7.11 Å². The number of hydrogen-bond acceptors (Lipinski definition) is 4. The van der Waals surface area contributed by atoms with Crippen LogP contribution in [0.2, 0.25) is 0 Å². The molecular formula is C16H23NO3. The number of nitrogens with one attached hydrogen (secondary N) is 1. The summed E-state index contributed by atoms with van der Waals surface area (Å²) in [5.74, 6) is 0.373. The van der Waals surface area contributed by atoms with Crippen LogP contribution in [-0.4, -0.2) is 30.8 Å². The van der Waals surface area contributed by atoms with Crippen LogP contribution in [0.25, 0.3) is 0 Å². The molecule has 0 aliphatic heterocycles. The van der Waals surface area contributed by atoms with Crippen LogP contribution in [0.3, 0.4) is 0 Å². The Labute approximate surface area is 120 Å². The number of aliphatic hydroxyl groups excluding tert-OH is 1. The third kappa shape index (κ3) is 4.32. The van der Waals surface area contributed by atoms with Gasteiger partial charge in [0.05, 0.1) is 18.8 Å². The summed E-state index contributed by atoms with van der Waals surface area (Å²) in [6.45, 7) is 1.80. The molecule has 4 heteroatoms. The summed E-state index contributed by atoms with van der Waals surface area (Å²) in [7, 11) is 1.39. The second kappa shape index (κ2) is 7.41. The fourth-order valence-corrected chi connectivity index (χ4v) is 2.65. The number of methoxy groups -OCH3 is 1. The topological polar surface area (TPSA) is 58.6 Å². The number of rotatable bonds is 5. The van der Waals surface area contributed by atoms with Crippen LogP contribution in [0.15, 0.2) is 24.3 Å². The van der Waals surface area contributed by atoms with Crippen molar-refractivity contribution in [2.45, 2.75) is 38.3 Å². The lowest BCUT2D eigenvalue weighted by molar-refractivity contribution is 0.0600. The van der Waals surface area contributed by atoms with Gasteiger partial charge in [0.2, 0.25) is 0 Å². The largest absolute Gasteiger partial charge is 0.465 e. The molecule has 0 heterocycles. The third-order valence-electron chi connectivity index (χ3n) is 3.95. The average Bonchev–Trinajstić information content (AvgIpc) is 2.49. The van der Waals surface area contributed by atoms with E-state index in [9.17, 15) is 9.90 Å². The summed E-state index contributed by atoms with van der Waals surface area (Å²) in [6.07, 6.45) is 3.99. The second-order valence-electron chi connectivity index (χ2n) is 5.49. The fourth-order valence-electron chi connectivity index (χ4n) is 2.65. The minimum atomic E-state index is -0.301. The maximum atomic E-state index is 11.3. The summed E-state index contributed by atoms with van der Waals surface area (Å²) in [6, 6.07) is 7.48. The number of hydrogen-bond donors (Lipinski definition) is 2. The first-order chi connectivity index (χ1) is 9.69. The van der Waals surface area contributed by atoms with Crippen molar-refractivity contribution in [3.63, 3.8) is 0 Å². The van der Waals surface area contributed by atoms with Crippen LogP contribution in [-0.2, 0) is 11.3 Å². The molecule has 0 spiro atoms. The minimum Gasteiger partial charge on any atom is -0.465 e. The van der Waals surface area contributed by atoms with Gasteiger partial charge in [-0.2, -0.15) is 0 Å². The van der Waals surface area contributed by atoms with Crippen molar-refractivity contribution in [3.05, 3.63) is 35.4 Å². The summed E-state index contributed by atoms with van der Waals surface area (Å²) < 4.78 is 4.67. The van der Waals surface area contributed by atoms with Crippen molar-refractivity contribution in [1.29, 1.82) is 0 Å². The summed E-state index contributed by atoms with van der Waals surface area (Å²) >= 11 is 0. The highest BCUT2D eigenvalue weighted by molar-refractivity contribution is 5.89. The highest BCUT2D eigenvalue weighted by atomic mass is 16.5. The minimum absolute atomic E-state index is 0.0860. The second-order valence-corrected chi connectivity index (χ2v) is 5.49. The molecule has 0 unspecified atom stereocenters. The Bertz CT molecular complexity index is 422. The first-order valence-corrected chi connectivity index (χ1v) is 7.25. The number of carbonyl (C=O) groups is 1. The van der Waals surface area contributed by atoms with Gasteiger partial charge in [0.1, 0.15) is 0 Å². The van der Waals surface area contributed by atoms with Crippen LogP contribution in [0, 0.1) is 5.92 Å². The Morgan fingerprint density at radius 3 is 2.50 bits per heavy atom. The molecule has 110 valence electrons. The Hall–Kier alpha value is -1.39. The molecule has 0 aromatic heterocycles. The van der Waals surface area contributed by atoms with E-state index in [2.05, 4.69) is 10.1 Å². The summed E-state index contributed by atoms with van der Waals surface area (Å²) in [5.41, 5.74) is 1.74. The van der Waals surface area contributed by atoms with Crippen molar-refractivity contribution >= 4 is 5.97 Å². The number of carbonyl (C=O) groups excluding carboxylic acids is 1. The molecular weight excluding hydrogens is 254 g/mol. The van der Waals surface area contributed by atoms with Crippen LogP contribution < -0.4 is 5.32 Å². The first kappa shape index (κ1) is 15.0. The number of aliphatic hydroxyl groups is 1. The SMILES string of the molecule is COC(=O)c1ccc(CNCC2CCC(O)CC2)cc1. The molecule has 0 radical (unpaired) electrons. The van der Waals surface area contributed by atoms with E-state index in [-0.39, 0.29) is 12.1 Å². The van der Waals surface area contributed by atoms with Gasteiger partial charge in [0, 0.05) is 6.54 Å². The smallest absolute Gasteiger partial charge is 0.337 e. The van der Waals surface area contributed by atoms with E-state index in [1.807, 2.05) is 12.1 Å². The van der Waals surface area contributed by atoms with E-state index in [0.717, 1.165) is 44.3 Å². The molecule has 1 aromatic rings. The van der Waals surface area contributed by atoms with Gasteiger partial charge in [-0.1, -0.05) is 12.1 Å². The lowest BCUT2D eigenvalue weighted by Crippen LogP contribution is -2.27. The monoisotopic (exact) mass is 277 g/mol. The standard InChI is InChI=1S/C16H23NO3/c1-20-16(19)14-6-2-12(3-7-14)10-17-11-13-4-8-15(18)9-5-13/h2-3,6-7,13,15,17-18H,4-5,8-11H2,1H3. The Morgan fingerprint density at radius 2 is 1.90 bits per heavy atom. The molecule has 0 atom stereocenters. The van der Waals surface area contributed by atoms with E-state index in [0.29, 0.717) is 11.5 Å². The van der Waals surface area contributed by atoms with E-state index in [1.54, 1.807) is 12.1 Å². The van der Waals surface area contributed by atoms with Crippen LogP contribution in [0.5, 0.6) is 0 Å². The zero-order valence-corrected chi connectivity index (χ0v) is 12.0. The van der Waals surface area contributed by atoms with Gasteiger partial charge >= 0.3 is 5.97 Å². The molecule has 2 N–H and O–H groups in total. The first-order valence-electron chi connectivity index (χ1n) is 7.25. The van der Waals surface area contributed by atoms with E-state index in [4.69, 9.17) is 0 Å². The van der Waals surface area contributed by atoms with Crippen molar-refractivity contribution in [2.24, 2.45) is 5.92 Å². The average molecular weight is 277 g/mol. The zero-order valence-electron chi connectivity index (χ0n) is 12.0. The quantitative estimate of drug-likeness (QED) is 0.809. The fraction of sp³-hybridized carbons (Fsp3) is 0.562. The highest BCUT2D eigenvalue weighted by Gasteiger charge is 2.18. The molecule has 0 bridgehead atoms. The Kier molecular flexibility index (Phi) is 5.56. The lowest BCUT2D eigenvalue weighted by atomic mass is 9.87. The maximum absolute atomic E-state index is 11.3. The van der Waals surface area contributed by atoms with Gasteiger partial charge < -0.3 is 15.2 Å². The summed E-state index contributed by atoms with van der Waals surface area (Å²) in [4.78, 5) is 11.3. The maximum Gasteiger partial charge on any atom is 0.337 e. The predicted octanol–water partition coefficient (Wildman–Crippen LogP) is 2.11. The normalized spacial score (nSPS) is 22.5. The van der Waals surface area contributed by atoms with Gasteiger partial charge in [0.25, 0.3) is 0 Å². The molecule has 1 saturated carbocycles. The van der Waals surface area contributed by atoms with Crippen molar-refractivity contribution in [3.8, 4) is 0 Å². The highest BCUT2D eigenvalue weighted by Crippen LogP contribution is 2.23. The molecule has 0 saturated heterocycles. The van der Waals surface area contributed by atoms with Crippen molar-refractivity contribution in [1.82, 2.24) is 5.32 Å². The van der Waals surface area contributed by atoms with Crippen LogP contribution >= 0.6 is 0 Å². The van der Waals surface area contributed by atoms with E-state index >= 15 is 0 Å². The van der Waals surface area contributed by atoms with Gasteiger partial charge in [-0.3, -0.25) is 0 Å². The van der Waals surface area contributed by atoms with Gasteiger partial charge in [-0.05, 0) is 55.8 Å². The Balaban J connectivity index is 1.73. The molecule has 1 aliphatic rings. The molecule has 0 amide bonds. The summed E-state index contributed by atoms with van der Waals surface area (Å²) in [5, 5.41) is 12.9. The Morgan fingerprint density at radius 1 is 1.25 bits per heavy atom. The molecule has 2 rings (SSSR count). The lowest BCUT2D eigenvalue weighted by Gasteiger charge is -2.25. The van der Waals surface area contributed by atoms with Gasteiger partial charge in [-0.15, -0.1) is 0 Å². The number of ether oxygens (including phenoxy) is 1. The predicted molar refractivity (Wildman–Crippen MR) is 77.5 cm³/mol. The molecule has 1 aromatic carbocycles. The van der Waals surface area contributed by atoms with Crippen LogP contribution in [0.1, 0.15) is 41.6 Å². The molecule has 1 fully saturated rings. The van der Waals surface area contributed by atoms with Crippen molar-refractivity contribution < 1.29 is 14.6 Å². The molecule has 1 aliphatic carbocycles. The van der Waals surface area contributed by atoms with Gasteiger partial charge in [-0.25, -0.2) is 4.79 Å². The zero-order chi connectivity index (χ0) is 14.4. The van der Waals surface area contributed by atoms with E-state index < -0.39 is 0 Å².